The highest BCUT2D eigenvalue weighted by Gasteiger charge is 2.76. The number of carbonyl (C=O) groups is 4. The summed E-state index contributed by atoms with van der Waals surface area (Å²) in [5.41, 5.74) is 2.27. The second-order valence-electron chi connectivity index (χ2n) is 18.1. The number of aromatic hydroxyl groups is 1. The Kier molecular flexibility index (Phi) is 12.1. The Balaban J connectivity index is 1.04. The Morgan fingerprint density at radius 1 is 0.968 bits per heavy atom. The van der Waals surface area contributed by atoms with Crippen LogP contribution in [0.3, 0.4) is 0 Å². The molecule has 1 spiro atoms. The number of benzene rings is 3. The lowest BCUT2D eigenvalue weighted by atomic mass is 9.62. The maximum atomic E-state index is 15.1. The second-order valence-corrected chi connectivity index (χ2v) is 18.1. The third kappa shape index (κ3) is 8.61. The van der Waals surface area contributed by atoms with Gasteiger partial charge in [-0.1, -0.05) is 78.9 Å². The molecule has 15 heteroatoms. The highest BCUT2D eigenvalue weighted by atomic mass is 16.8. The minimum Gasteiger partial charge on any atom is -0.508 e. The number of hydrogen-bond acceptors (Lipinski definition) is 13. The monoisotopic (exact) mass is 853 g/mol. The van der Waals surface area contributed by atoms with Crippen molar-refractivity contribution < 1.29 is 58.3 Å². The summed E-state index contributed by atoms with van der Waals surface area (Å²) in [5.74, 6) is -3.55. The number of aliphatic hydroxyl groups is 2. The molecule has 2 amide bonds. The number of esters is 2. The molecule has 3 aliphatic heterocycles. The number of fused-ring (bicyclic) bond motifs is 5. The van der Waals surface area contributed by atoms with Crippen LogP contribution < -0.4 is 10.6 Å². The van der Waals surface area contributed by atoms with Crippen LogP contribution in [0.4, 0.5) is 0 Å². The fraction of sp³-hybridized carbons (Fsp3) is 0.489. The fourth-order valence-electron chi connectivity index (χ4n) is 9.54. The molecule has 8 rings (SSSR count). The Morgan fingerprint density at radius 3 is 2.31 bits per heavy atom. The molecule has 5 N–H and O–H groups in total. The lowest BCUT2D eigenvalue weighted by Gasteiger charge is -2.49. The van der Waals surface area contributed by atoms with Gasteiger partial charge in [0.25, 0.3) is 0 Å². The Hall–Kier alpha value is -5.16. The van der Waals surface area contributed by atoms with Crippen molar-refractivity contribution in [3.8, 4) is 5.75 Å². The fourth-order valence-corrected chi connectivity index (χ4v) is 9.54. The average molecular weight is 854 g/mol. The molecule has 62 heavy (non-hydrogen) atoms. The third-order valence-electron chi connectivity index (χ3n) is 12.4. The number of phenols is 1. The molecule has 3 aromatic rings. The van der Waals surface area contributed by atoms with Crippen LogP contribution in [-0.2, 0) is 68.8 Å². The summed E-state index contributed by atoms with van der Waals surface area (Å²) >= 11 is 0. The number of nitrogens with one attached hydrogen (secondary N) is 2. The van der Waals surface area contributed by atoms with Gasteiger partial charge in [0.15, 0.2) is 11.8 Å². The molecular formula is C47H55N3O12. The lowest BCUT2D eigenvalue weighted by molar-refractivity contribution is -0.217. The number of ether oxygens (including phenoxy) is 4. The molecule has 0 unspecified atom stereocenters. The van der Waals surface area contributed by atoms with E-state index in [-0.39, 0.29) is 31.6 Å². The van der Waals surface area contributed by atoms with E-state index in [9.17, 15) is 29.7 Å². The van der Waals surface area contributed by atoms with E-state index in [2.05, 4.69) is 10.6 Å². The van der Waals surface area contributed by atoms with Gasteiger partial charge in [-0.05, 0) is 74.4 Å². The van der Waals surface area contributed by atoms with Gasteiger partial charge in [0.05, 0.1) is 25.3 Å². The predicted octanol–water partition coefficient (Wildman–Crippen LogP) is 3.19. The lowest BCUT2D eigenvalue weighted by Crippen LogP contribution is -2.71. The normalized spacial score (nSPS) is 27.3. The molecule has 5 aliphatic rings. The number of carbonyl (C=O) groups excluding carboxylic acids is 4. The molecule has 3 heterocycles. The van der Waals surface area contributed by atoms with Crippen LogP contribution in [0.2, 0.25) is 0 Å². The SMILES string of the molecule is C[C@H](O)[C@@H](NC(=O)[C@@]12C[C@H]3OC(=O)[C@@H]1N(Cc1ccc(C=CCc4ccccc4O)cc1)O[C@@H]2[C@H]1OC2(Cc4ccccc4C2)O[C@H]13)C(=O)N[C@H](CO)CCC(=O)OC(C)(C)C. The first-order valence-corrected chi connectivity index (χ1v) is 21.3. The summed E-state index contributed by atoms with van der Waals surface area (Å²) in [5, 5.41) is 38.1. The van der Waals surface area contributed by atoms with Crippen molar-refractivity contribution in [2.24, 2.45) is 5.41 Å². The van der Waals surface area contributed by atoms with Crippen molar-refractivity contribution in [1.82, 2.24) is 15.7 Å². The first-order chi connectivity index (χ1) is 29.6. The molecule has 2 aliphatic carbocycles. The zero-order valence-corrected chi connectivity index (χ0v) is 35.3. The molecule has 4 fully saturated rings. The van der Waals surface area contributed by atoms with Gasteiger partial charge >= 0.3 is 11.9 Å². The Bertz CT molecular complexity index is 2180. The third-order valence-corrected chi connectivity index (χ3v) is 12.4. The van der Waals surface area contributed by atoms with Gasteiger partial charge in [0, 0.05) is 25.7 Å². The summed E-state index contributed by atoms with van der Waals surface area (Å²) in [6.45, 7) is 6.13. The molecule has 1 saturated carbocycles. The van der Waals surface area contributed by atoms with Crippen LogP contribution in [0, 0.1) is 5.41 Å². The van der Waals surface area contributed by atoms with Crippen molar-refractivity contribution in [2.75, 3.05) is 6.61 Å². The minimum absolute atomic E-state index is 0.00599. The Labute approximate surface area is 360 Å². The quantitative estimate of drug-likeness (QED) is 0.148. The van der Waals surface area contributed by atoms with Gasteiger partial charge in [0.1, 0.15) is 47.2 Å². The first-order valence-electron chi connectivity index (χ1n) is 21.3. The molecule has 2 bridgehead atoms. The zero-order chi connectivity index (χ0) is 44.0. The van der Waals surface area contributed by atoms with E-state index in [1.54, 1.807) is 32.9 Å². The predicted molar refractivity (Wildman–Crippen MR) is 222 cm³/mol. The topological polar surface area (TPSA) is 202 Å². The van der Waals surface area contributed by atoms with Crippen molar-refractivity contribution in [3.05, 3.63) is 107 Å². The molecule has 3 saturated heterocycles. The number of amides is 2. The molecule has 0 radical (unpaired) electrons. The zero-order valence-electron chi connectivity index (χ0n) is 35.3. The molecule has 0 aromatic heterocycles. The van der Waals surface area contributed by atoms with Gasteiger partial charge in [-0.15, -0.1) is 0 Å². The maximum Gasteiger partial charge on any atom is 0.327 e. The second kappa shape index (κ2) is 17.2. The van der Waals surface area contributed by atoms with E-state index in [1.165, 1.54) is 12.0 Å². The smallest absolute Gasteiger partial charge is 0.327 e. The number of rotatable bonds is 14. The largest absolute Gasteiger partial charge is 0.508 e. The minimum atomic E-state index is -1.65. The van der Waals surface area contributed by atoms with E-state index in [0.717, 1.165) is 27.8 Å². The Morgan fingerprint density at radius 2 is 1.65 bits per heavy atom. The number of nitrogens with zero attached hydrogens (tertiary/aromatic N) is 1. The molecule has 15 nitrogen and oxygen atoms in total. The summed E-state index contributed by atoms with van der Waals surface area (Å²) in [7, 11) is 0. The first kappa shape index (κ1) is 43.5. The van der Waals surface area contributed by atoms with E-state index < -0.39 is 95.8 Å². The van der Waals surface area contributed by atoms with Crippen LogP contribution >= 0.6 is 0 Å². The molecular weight excluding hydrogens is 799 g/mol. The summed E-state index contributed by atoms with van der Waals surface area (Å²) in [6, 6.07) is 19.1. The summed E-state index contributed by atoms with van der Waals surface area (Å²) in [4.78, 5) is 62.2. The average Bonchev–Trinajstić information content (AvgIpc) is 3.90. The van der Waals surface area contributed by atoms with Gasteiger partial charge < -0.3 is 44.9 Å². The van der Waals surface area contributed by atoms with E-state index in [0.29, 0.717) is 19.3 Å². The summed E-state index contributed by atoms with van der Waals surface area (Å²) < 4.78 is 25.0. The molecule has 3 aromatic carbocycles. The van der Waals surface area contributed by atoms with Gasteiger partial charge in [-0.2, -0.15) is 5.06 Å². The van der Waals surface area contributed by atoms with E-state index in [1.807, 2.05) is 72.8 Å². The van der Waals surface area contributed by atoms with Crippen LogP contribution in [0.25, 0.3) is 6.08 Å². The highest BCUT2D eigenvalue weighted by molar-refractivity contribution is 5.96. The highest BCUT2D eigenvalue weighted by Crippen LogP contribution is 2.58. The number of allylic oxidation sites excluding steroid dienone is 1. The number of para-hydroxylation sites is 1. The van der Waals surface area contributed by atoms with Crippen molar-refractivity contribution >= 4 is 29.8 Å². The number of aliphatic hydroxyl groups excluding tert-OH is 2. The summed E-state index contributed by atoms with van der Waals surface area (Å²) in [6.07, 6.45) is 0.349. The van der Waals surface area contributed by atoms with Gasteiger partial charge in [0.2, 0.25) is 11.8 Å². The van der Waals surface area contributed by atoms with Crippen molar-refractivity contribution in [2.45, 2.75) is 133 Å². The van der Waals surface area contributed by atoms with Gasteiger partial charge in [-0.3, -0.25) is 24.0 Å². The van der Waals surface area contributed by atoms with Crippen molar-refractivity contribution in [1.29, 1.82) is 0 Å². The van der Waals surface area contributed by atoms with Crippen molar-refractivity contribution in [3.63, 3.8) is 0 Å². The number of phenolic OH excluding ortho intramolecular Hbond substituents is 1. The van der Waals surface area contributed by atoms with Crippen LogP contribution in [0.1, 0.15) is 74.8 Å². The maximum absolute atomic E-state index is 15.1. The number of hydroxylamine groups is 2. The molecule has 330 valence electrons. The van der Waals surface area contributed by atoms with Crippen LogP contribution in [-0.4, -0.2) is 111 Å². The van der Waals surface area contributed by atoms with Gasteiger partial charge in [-0.25, -0.2) is 0 Å². The number of hydrogen-bond donors (Lipinski definition) is 5. The van der Waals surface area contributed by atoms with Crippen LogP contribution in [0.15, 0.2) is 78.9 Å². The van der Waals surface area contributed by atoms with E-state index in [4.69, 9.17) is 23.8 Å². The standard InChI is InChI=1S/C47H55N3O12/c1-27(52)37(42(55)48-33(26-51)20-21-36(54)59-45(2,3)4)49-44(57)47-24-35-38-39(61-46(60-38)22-31-12-5-6-13-32(31)23-46)41(47)62-50(40(47)43(56)58-35)25-29-18-16-28(17-19-29)10-9-14-30-11-7-8-15-34(30)53/h5-13,15-19,27,33,35,37-41,51-53H,14,20-26H2,1-4H3,(H,48,55)(H,49,57)/t27-,33-,35+,37+,38-,39-,40-,41+,47-/m0/s1. The molecule has 9 atom stereocenters. The van der Waals surface area contributed by atoms with Crippen LogP contribution in [0.5, 0.6) is 5.75 Å². The van der Waals surface area contributed by atoms with E-state index >= 15 is 4.79 Å².